The fourth-order valence-corrected chi connectivity index (χ4v) is 4.85. The van der Waals surface area contributed by atoms with Gasteiger partial charge < -0.3 is 4.42 Å². The smallest absolute Gasteiger partial charge is 0.226 e. The third kappa shape index (κ3) is 3.41. The van der Waals surface area contributed by atoms with E-state index in [1.807, 2.05) is 66.7 Å². The average Bonchev–Trinajstić information content (AvgIpc) is 3.30. The minimum atomic E-state index is 0.109. The maximum Gasteiger partial charge on any atom is 0.226 e. The lowest BCUT2D eigenvalue weighted by molar-refractivity contribution is 0.668. The number of halogens is 1. The molecule has 0 radical (unpaired) electrons. The average molecular weight is 485 g/mol. The molecule has 7 rings (SSSR count). The number of aromatic nitrogens is 4. The zero-order valence-corrected chi connectivity index (χ0v) is 19.6. The van der Waals surface area contributed by atoms with E-state index in [2.05, 4.69) is 45.3 Å². The van der Waals surface area contributed by atoms with Crippen LogP contribution in [0.15, 0.2) is 108 Å². The predicted molar refractivity (Wildman–Crippen MR) is 144 cm³/mol. The van der Waals surface area contributed by atoms with Crippen molar-refractivity contribution in [3.63, 3.8) is 0 Å². The standard InChI is InChI=1S/C30H17ClN4O/c31-30-34-28(23-15-14-19(18-8-2-1-3-9-18)20-10-4-5-11-21(20)23)33-29(35-30)25-16-27-24(17-32-25)22-12-6-7-13-26(22)36-27/h1-17H. The van der Waals surface area contributed by atoms with E-state index in [0.29, 0.717) is 17.3 Å². The van der Waals surface area contributed by atoms with E-state index in [0.717, 1.165) is 49.4 Å². The molecule has 0 aliphatic heterocycles. The highest BCUT2D eigenvalue weighted by Crippen LogP contribution is 2.35. The van der Waals surface area contributed by atoms with E-state index in [9.17, 15) is 0 Å². The molecule has 0 fully saturated rings. The minimum absolute atomic E-state index is 0.109. The second-order valence-corrected chi connectivity index (χ2v) is 8.83. The molecule has 0 saturated heterocycles. The molecule has 36 heavy (non-hydrogen) atoms. The van der Waals surface area contributed by atoms with Crippen molar-refractivity contribution >= 4 is 44.3 Å². The largest absolute Gasteiger partial charge is 0.456 e. The van der Waals surface area contributed by atoms with Gasteiger partial charge in [0, 0.05) is 28.6 Å². The van der Waals surface area contributed by atoms with Crippen molar-refractivity contribution in [1.29, 1.82) is 0 Å². The highest BCUT2D eigenvalue weighted by molar-refractivity contribution is 6.28. The number of nitrogens with zero attached hydrogens (tertiary/aromatic N) is 4. The van der Waals surface area contributed by atoms with Crippen LogP contribution in [0.4, 0.5) is 0 Å². The van der Waals surface area contributed by atoms with Crippen molar-refractivity contribution in [1.82, 2.24) is 19.9 Å². The second-order valence-electron chi connectivity index (χ2n) is 8.49. The quantitative estimate of drug-likeness (QED) is 0.254. The Kier molecular flexibility index (Phi) is 4.76. The van der Waals surface area contributed by atoms with Crippen LogP contribution < -0.4 is 0 Å². The highest BCUT2D eigenvalue weighted by Gasteiger charge is 2.16. The lowest BCUT2D eigenvalue weighted by Gasteiger charge is -2.12. The number of hydrogen-bond acceptors (Lipinski definition) is 5. The summed E-state index contributed by atoms with van der Waals surface area (Å²) < 4.78 is 6.03. The van der Waals surface area contributed by atoms with Gasteiger partial charge in [0.25, 0.3) is 0 Å². The van der Waals surface area contributed by atoms with Crippen LogP contribution in [0.25, 0.3) is 66.7 Å². The summed E-state index contributed by atoms with van der Waals surface area (Å²) in [5, 5.41) is 4.22. The van der Waals surface area contributed by atoms with Crippen molar-refractivity contribution in [3.8, 4) is 34.0 Å². The first kappa shape index (κ1) is 20.7. The van der Waals surface area contributed by atoms with Crippen LogP contribution in [-0.4, -0.2) is 19.9 Å². The van der Waals surface area contributed by atoms with Gasteiger partial charge in [0.15, 0.2) is 11.6 Å². The van der Waals surface area contributed by atoms with Crippen molar-refractivity contribution < 1.29 is 4.42 Å². The van der Waals surface area contributed by atoms with Gasteiger partial charge in [-0.25, -0.2) is 4.98 Å². The van der Waals surface area contributed by atoms with Gasteiger partial charge in [-0.2, -0.15) is 9.97 Å². The normalized spacial score (nSPS) is 11.5. The SMILES string of the molecule is Clc1nc(-c2cc3oc4ccccc4c3cn2)nc(-c2ccc(-c3ccccc3)c3ccccc23)n1. The summed E-state index contributed by atoms with van der Waals surface area (Å²) >= 11 is 6.40. The molecular weight excluding hydrogens is 468 g/mol. The lowest BCUT2D eigenvalue weighted by atomic mass is 9.95. The van der Waals surface area contributed by atoms with Gasteiger partial charge in [0.2, 0.25) is 5.28 Å². The maximum atomic E-state index is 6.40. The summed E-state index contributed by atoms with van der Waals surface area (Å²) in [6.07, 6.45) is 1.79. The molecule has 6 heteroatoms. The zero-order valence-electron chi connectivity index (χ0n) is 18.9. The van der Waals surface area contributed by atoms with E-state index < -0.39 is 0 Å². The third-order valence-corrected chi connectivity index (χ3v) is 6.52. The van der Waals surface area contributed by atoms with Crippen LogP contribution in [0, 0.1) is 0 Å². The Morgan fingerprint density at radius 3 is 2.06 bits per heavy atom. The molecule has 0 bridgehead atoms. The molecule has 3 aromatic heterocycles. The Morgan fingerprint density at radius 1 is 0.556 bits per heavy atom. The fourth-order valence-electron chi connectivity index (χ4n) is 4.69. The number of rotatable bonds is 3. The fraction of sp³-hybridized carbons (Fsp3) is 0. The molecule has 0 aliphatic rings. The monoisotopic (exact) mass is 484 g/mol. The number of pyridine rings is 1. The van der Waals surface area contributed by atoms with Gasteiger partial charge in [-0.1, -0.05) is 78.9 Å². The number of hydrogen-bond donors (Lipinski definition) is 0. The maximum absolute atomic E-state index is 6.40. The van der Waals surface area contributed by atoms with Gasteiger partial charge in [-0.15, -0.1) is 0 Å². The first-order valence-electron chi connectivity index (χ1n) is 11.5. The summed E-state index contributed by atoms with van der Waals surface area (Å²) in [5.74, 6) is 0.885. The summed E-state index contributed by atoms with van der Waals surface area (Å²) in [7, 11) is 0. The molecule has 5 nitrogen and oxygen atoms in total. The van der Waals surface area contributed by atoms with E-state index in [1.165, 1.54) is 0 Å². The minimum Gasteiger partial charge on any atom is -0.456 e. The van der Waals surface area contributed by atoms with Gasteiger partial charge in [-0.05, 0) is 45.6 Å². The zero-order chi connectivity index (χ0) is 24.1. The molecular formula is C30H17ClN4O. The molecule has 0 atom stereocenters. The van der Waals surface area contributed by atoms with E-state index in [1.54, 1.807) is 6.20 Å². The van der Waals surface area contributed by atoms with E-state index in [4.69, 9.17) is 21.0 Å². The van der Waals surface area contributed by atoms with Crippen LogP contribution in [-0.2, 0) is 0 Å². The molecule has 0 N–H and O–H groups in total. The molecule has 0 aliphatic carbocycles. The summed E-state index contributed by atoms with van der Waals surface area (Å²) in [5.41, 5.74) is 5.27. The van der Waals surface area contributed by atoms with E-state index >= 15 is 0 Å². The number of fused-ring (bicyclic) bond motifs is 4. The molecule has 4 aromatic carbocycles. The van der Waals surface area contributed by atoms with Gasteiger partial charge >= 0.3 is 0 Å². The first-order valence-corrected chi connectivity index (χ1v) is 11.9. The molecule has 0 spiro atoms. The lowest BCUT2D eigenvalue weighted by Crippen LogP contribution is -1.99. The van der Waals surface area contributed by atoms with Crippen LogP contribution in [0.5, 0.6) is 0 Å². The number of benzene rings is 4. The van der Waals surface area contributed by atoms with Gasteiger partial charge in [0.1, 0.15) is 16.9 Å². The summed E-state index contributed by atoms with van der Waals surface area (Å²) in [6.45, 7) is 0. The predicted octanol–water partition coefficient (Wildman–Crippen LogP) is 7.97. The Morgan fingerprint density at radius 2 is 1.22 bits per heavy atom. The van der Waals surface area contributed by atoms with Crippen molar-refractivity contribution in [2.45, 2.75) is 0 Å². The molecule has 7 aromatic rings. The van der Waals surface area contributed by atoms with Gasteiger partial charge in [0.05, 0.1) is 0 Å². The van der Waals surface area contributed by atoms with Crippen molar-refractivity contribution in [2.75, 3.05) is 0 Å². The van der Waals surface area contributed by atoms with Crippen LogP contribution >= 0.6 is 11.6 Å². The van der Waals surface area contributed by atoms with Crippen molar-refractivity contribution in [3.05, 3.63) is 109 Å². The van der Waals surface area contributed by atoms with Crippen LogP contribution in [0.1, 0.15) is 0 Å². The Bertz CT molecular complexity index is 1910. The van der Waals surface area contributed by atoms with E-state index in [-0.39, 0.29) is 5.28 Å². The van der Waals surface area contributed by atoms with Crippen LogP contribution in [0.2, 0.25) is 5.28 Å². The van der Waals surface area contributed by atoms with Crippen LogP contribution in [0.3, 0.4) is 0 Å². The molecule has 0 amide bonds. The summed E-state index contributed by atoms with van der Waals surface area (Å²) in [4.78, 5) is 18.2. The van der Waals surface area contributed by atoms with Gasteiger partial charge in [-0.3, -0.25) is 4.98 Å². The first-order chi connectivity index (χ1) is 17.7. The topological polar surface area (TPSA) is 64.7 Å². The molecule has 0 saturated carbocycles. The molecule has 170 valence electrons. The second kappa shape index (κ2) is 8.26. The summed E-state index contributed by atoms with van der Waals surface area (Å²) in [6, 6.07) is 32.4. The van der Waals surface area contributed by atoms with Crippen molar-refractivity contribution in [2.24, 2.45) is 0 Å². The Hall–Kier alpha value is -4.61. The number of furan rings is 1. The molecule has 0 unspecified atom stereocenters. The highest BCUT2D eigenvalue weighted by atomic mass is 35.5. The molecule has 3 heterocycles. The third-order valence-electron chi connectivity index (χ3n) is 6.35. The number of para-hydroxylation sites is 1. The Labute approximate surface area is 211 Å². The Balaban J connectivity index is 1.39.